The Hall–Kier alpha value is -3.00. The summed E-state index contributed by atoms with van der Waals surface area (Å²) in [6, 6.07) is 13.7. The molecule has 0 bridgehead atoms. The van der Waals surface area contributed by atoms with Gasteiger partial charge in [0.2, 0.25) is 0 Å². The smallest absolute Gasteiger partial charge is 0.434 e. The van der Waals surface area contributed by atoms with Crippen molar-refractivity contribution in [3.63, 3.8) is 0 Å². The first-order chi connectivity index (χ1) is 15.9. The lowest BCUT2D eigenvalue weighted by Crippen LogP contribution is -2.27. The number of nitrogens with one attached hydrogen (secondary N) is 2. The van der Waals surface area contributed by atoms with Crippen molar-refractivity contribution in [1.82, 2.24) is 4.98 Å². The minimum absolute atomic E-state index is 0.320. The second kappa shape index (κ2) is 9.87. The number of anilines is 2. The molecule has 1 aromatic heterocycles. The summed E-state index contributed by atoms with van der Waals surface area (Å²) in [6.45, 7) is 2.45. The topological polar surface area (TPSA) is 46.2 Å². The van der Waals surface area contributed by atoms with Crippen LogP contribution in [0.5, 0.6) is 5.75 Å². The maximum atomic E-state index is 13.3. The molecule has 0 aliphatic heterocycles. The number of ether oxygens (including phenoxy) is 1. The normalized spacial score (nSPS) is 14.6. The van der Waals surface area contributed by atoms with E-state index in [0.29, 0.717) is 23.2 Å². The Bertz CT molecular complexity index is 1120. The molecule has 33 heavy (non-hydrogen) atoms. The highest BCUT2D eigenvalue weighted by atomic mass is 32.1. The summed E-state index contributed by atoms with van der Waals surface area (Å²) < 4.78 is 45.6. The zero-order valence-corrected chi connectivity index (χ0v) is 19.3. The summed E-state index contributed by atoms with van der Waals surface area (Å²) in [7, 11) is 1.84. The predicted molar refractivity (Wildman–Crippen MR) is 129 cm³/mol. The van der Waals surface area contributed by atoms with Gasteiger partial charge in [-0.25, -0.2) is 4.98 Å². The van der Waals surface area contributed by atoms with Gasteiger partial charge in [-0.2, -0.15) is 13.2 Å². The summed E-state index contributed by atoms with van der Waals surface area (Å²) in [6.07, 6.45) is 0.705. The van der Waals surface area contributed by atoms with E-state index >= 15 is 0 Å². The average molecular weight is 474 g/mol. The molecule has 3 aromatic rings. The molecule has 0 unspecified atom stereocenters. The van der Waals surface area contributed by atoms with Crippen LogP contribution in [0, 0.1) is 0 Å². The van der Waals surface area contributed by atoms with E-state index in [-0.39, 0.29) is 0 Å². The monoisotopic (exact) mass is 473 g/mol. The van der Waals surface area contributed by atoms with Crippen molar-refractivity contribution in [3.05, 3.63) is 69.7 Å². The number of alkyl halides is 3. The van der Waals surface area contributed by atoms with Gasteiger partial charge in [-0.3, -0.25) is 0 Å². The molecule has 0 amide bonds. The molecule has 1 saturated carbocycles. The average Bonchev–Trinajstić information content (AvgIpc) is 3.26. The number of halogens is 3. The molecule has 2 N–H and O–H groups in total. The van der Waals surface area contributed by atoms with E-state index < -0.39 is 11.9 Å². The van der Waals surface area contributed by atoms with Gasteiger partial charge in [0.25, 0.3) is 0 Å². The van der Waals surface area contributed by atoms with Crippen LogP contribution in [0.1, 0.15) is 48.0 Å². The lowest BCUT2D eigenvalue weighted by Gasteiger charge is -2.29. The zero-order valence-electron chi connectivity index (χ0n) is 18.5. The number of aromatic nitrogens is 1. The molecule has 8 heteroatoms. The minimum Gasteiger partial charge on any atom is -0.494 e. The van der Waals surface area contributed by atoms with E-state index in [1.807, 2.05) is 62.5 Å². The Balaban J connectivity index is 1.82. The summed E-state index contributed by atoms with van der Waals surface area (Å²) in [5.41, 5.74) is 3.22. The Labute approximate surface area is 195 Å². The fraction of sp³-hybridized carbons (Fsp3) is 0.320. The number of hydrogen-bond donors (Lipinski definition) is 2. The molecule has 0 atom stereocenters. The molecule has 4 rings (SSSR count). The third-order valence-corrected chi connectivity index (χ3v) is 6.47. The van der Waals surface area contributed by atoms with Crippen LogP contribution in [0.4, 0.5) is 24.5 Å². The summed E-state index contributed by atoms with van der Waals surface area (Å²) in [5.74, 6) is 0.718. The van der Waals surface area contributed by atoms with Gasteiger partial charge in [-0.1, -0.05) is 12.1 Å². The number of rotatable bonds is 8. The highest BCUT2D eigenvalue weighted by molar-refractivity contribution is 7.11. The molecule has 1 fully saturated rings. The van der Waals surface area contributed by atoms with Crippen molar-refractivity contribution < 1.29 is 17.9 Å². The highest BCUT2D eigenvalue weighted by Crippen LogP contribution is 2.39. The van der Waals surface area contributed by atoms with E-state index in [1.165, 1.54) is 6.42 Å². The molecular weight excluding hydrogens is 447 g/mol. The van der Waals surface area contributed by atoms with Crippen molar-refractivity contribution in [2.24, 2.45) is 0 Å². The molecule has 1 aliphatic rings. The van der Waals surface area contributed by atoms with Gasteiger partial charge in [0.15, 0.2) is 5.69 Å². The molecule has 0 radical (unpaired) electrons. The quantitative estimate of drug-likeness (QED) is 0.341. The largest absolute Gasteiger partial charge is 0.494 e. The van der Waals surface area contributed by atoms with E-state index in [1.54, 1.807) is 0 Å². The zero-order chi connectivity index (χ0) is 23.4. The van der Waals surface area contributed by atoms with E-state index in [2.05, 4.69) is 15.6 Å². The van der Waals surface area contributed by atoms with Gasteiger partial charge in [-0.15, -0.1) is 11.3 Å². The minimum atomic E-state index is -4.49. The van der Waals surface area contributed by atoms with E-state index in [4.69, 9.17) is 4.74 Å². The summed E-state index contributed by atoms with van der Waals surface area (Å²) >= 11 is 0.997. The Morgan fingerprint density at radius 3 is 2.52 bits per heavy atom. The van der Waals surface area contributed by atoms with Gasteiger partial charge < -0.3 is 15.4 Å². The highest BCUT2D eigenvalue weighted by Gasteiger charge is 2.34. The van der Waals surface area contributed by atoms with Crippen LogP contribution in [0.2, 0.25) is 0 Å². The molecule has 0 saturated heterocycles. The van der Waals surface area contributed by atoms with Crippen molar-refractivity contribution >= 4 is 34.4 Å². The standard InChI is InChI=1S/C25H26F3N3OS/c1-3-32-19-11-12-20(22(14-19)30-18-5-4-6-18)21(13-16-7-9-17(29-2)10-8-16)24-31-23(15-33-24)25(26,27)28/h7-15,18,29-30H,3-6H2,1-2H3/b21-13-. The summed E-state index contributed by atoms with van der Waals surface area (Å²) in [4.78, 5) is 3.96. The maximum Gasteiger partial charge on any atom is 0.434 e. The first-order valence-corrected chi connectivity index (χ1v) is 11.8. The number of benzene rings is 2. The van der Waals surface area contributed by atoms with Gasteiger partial charge in [0.05, 0.1) is 6.61 Å². The Kier molecular flexibility index (Phi) is 6.93. The fourth-order valence-electron chi connectivity index (χ4n) is 3.60. The van der Waals surface area contributed by atoms with Crippen LogP contribution in [0.3, 0.4) is 0 Å². The van der Waals surface area contributed by atoms with Gasteiger partial charge in [0.1, 0.15) is 10.8 Å². The van der Waals surface area contributed by atoms with Crippen LogP contribution < -0.4 is 15.4 Å². The molecular formula is C25H26F3N3OS. The van der Waals surface area contributed by atoms with Gasteiger partial charge >= 0.3 is 6.18 Å². The van der Waals surface area contributed by atoms with Gasteiger partial charge in [-0.05, 0) is 62.1 Å². The lowest BCUT2D eigenvalue weighted by molar-refractivity contribution is -0.140. The second-order valence-electron chi connectivity index (χ2n) is 7.88. The lowest BCUT2D eigenvalue weighted by atomic mass is 9.92. The van der Waals surface area contributed by atoms with Crippen LogP contribution in [-0.2, 0) is 6.18 Å². The molecule has 174 valence electrons. The summed E-state index contributed by atoms with van der Waals surface area (Å²) in [5, 5.41) is 8.02. The van der Waals surface area contributed by atoms with Crippen molar-refractivity contribution in [2.75, 3.05) is 24.3 Å². The Morgan fingerprint density at radius 1 is 1.18 bits per heavy atom. The van der Waals surface area contributed by atoms with Crippen molar-refractivity contribution in [3.8, 4) is 5.75 Å². The molecule has 1 aliphatic carbocycles. The number of hydrogen-bond acceptors (Lipinski definition) is 5. The SMILES string of the molecule is CCOc1ccc(/C(=C/c2ccc(NC)cc2)c2nc(C(F)(F)F)cs2)c(NC2CCC2)c1. The van der Waals surface area contributed by atoms with E-state index in [0.717, 1.165) is 57.8 Å². The van der Waals surface area contributed by atoms with Crippen molar-refractivity contribution in [1.29, 1.82) is 0 Å². The second-order valence-corrected chi connectivity index (χ2v) is 8.74. The first-order valence-electron chi connectivity index (χ1n) is 10.9. The molecule has 4 nitrogen and oxygen atoms in total. The molecule has 2 aromatic carbocycles. The van der Waals surface area contributed by atoms with Crippen LogP contribution in [-0.4, -0.2) is 24.7 Å². The van der Waals surface area contributed by atoms with Crippen LogP contribution >= 0.6 is 11.3 Å². The Morgan fingerprint density at radius 2 is 1.94 bits per heavy atom. The van der Waals surface area contributed by atoms with Gasteiger partial charge in [0, 0.05) is 47.0 Å². The van der Waals surface area contributed by atoms with E-state index in [9.17, 15) is 13.2 Å². The predicted octanol–water partition coefficient (Wildman–Crippen LogP) is 7.16. The van der Waals surface area contributed by atoms with Crippen LogP contribution in [0.15, 0.2) is 47.8 Å². The third-order valence-electron chi connectivity index (χ3n) is 5.59. The van der Waals surface area contributed by atoms with Crippen molar-refractivity contribution in [2.45, 2.75) is 38.4 Å². The first kappa shape index (κ1) is 23.2. The molecule has 0 spiro atoms. The third kappa shape index (κ3) is 5.50. The number of thiazole rings is 1. The van der Waals surface area contributed by atoms with Crippen LogP contribution in [0.25, 0.3) is 11.6 Å². The fourth-order valence-corrected chi connectivity index (χ4v) is 4.46. The molecule has 1 heterocycles. The number of nitrogens with zero attached hydrogens (tertiary/aromatic N) is 1. The maximum absolute atomic E-state index is 13.3.